The Morgan fingerprint density at radius 2 is 1.89 bits per heavy atom. The molecule has 0 bridgehead atoms. The topological polar surface area (TPSA) is 72.5 Å². The molecule has 1 aromatic carbocycles. The van der Waals surface area contributed by atoms with Crippen molar-refractivity contribution in [2.75, 3.05) is 13.2 Å². The summed E-state index contributed by atoms with van der Waals surface area (Å²) in [5.74, 6) is -1.01. The average Bonchev–Trinajstić information content (AvgIpc) is 2.42. The number of hydrogen-bond acceptors (Lipinski definition) is 5. The van der Waals surface area contributed by atoms with Gasteiger partial charge in [-0.25, -0.2) is 0 Å². The summed E-state index contributed by atoms with van der Waals surface area (Å²) in [5, 5.41) is 2.64. The summed E-state index contributed by atoms with van der Waals surface area (Å²) in [6.45, 7) is 1.83. The number of nitrogens with one attached hydrogen (secondary N) is 1. The first kappa shape index (κ1) is 13.0. The zero-order valence-corrected chi connectivity index (χ0v) is 10.4. The fourth-order valence-corrected chi connectivity index (χ4v) is 1.83. The Morgan fingerprint density at radius 3 is 2.58 bits per heavy atom. The van der Waals surface area contributed by atoms with Gasteiger partial charge in [-0.2, -0.15) is 0 Å². The van der Waals surface area contributed by atoms with Gasteiger partial charge in [0.05, 0.1) is 12.3 Å². The number of hydrogen-bond donors (Lipinski definition) is 1. The maximum Gasteiger partial charge on any atom is 0.325 e. The number of allylic oxidation sites excluding steroid dienone is 2. The van der Waals surface area contributed by atoms with Gasteiger partial charge in [0.15, 0.2) is 5.78 Å². The molecule has 0 saturated heterocycles. The van der Waals surface area contributed by atoms with Crippen molar-refractivity contribution in [1.82, 2.24) is 5.32 Å². The van der Waals surface area contributed by atoms with Crippen LogP contribution in [0.3, 0.4) is 0 Å². The smallest absolute Gasteiger partial charge is 0.325 e. The van der Waals surface area contributed by atoms with E-state index >= 15 is 0 Å². The number of fused-ring (bicyclic) bond motifs is 1. The number of carbonyl (C=O) groups is 3. The Kier molecular flexibility index (Phi) is 3.75. The molecule has 1 aromatic rings. The fourth-order valence-electron chi connectivity index (χ4n) is 1.83. The summed E-state index contributed by atoms with van der Waals surface area (Å²) >= 11 is 0. The van der Waals surface area contributed by atoms with Gasteiger partial charge in [-0.15, -0.1) is 0 Å². The second-order valence-corrected chi connectivity index (χ2v) is 3.96. The Labute approximate surface area is 110 Å². The van der Waals surface area contributed by atoms with Crippen LogP contribution in [0.2, 0.25) is 0 Å². The van der Waals surface area contributed by atoms with E-state index in [0.717, 1.165) is 0 Å². The first-order chi connectivity index (χ1) is 9.13. The Hall–Kier alpha value is -2.43. The highest BCUT2D eigenvalue weighted by atomic mass is 16.5. The van der Waals surface area contributed by atoms with Gasteiger partial charge in [-0.1, -0.05) is 24.3 Å². The average molecular weight is 259 g/mol. The number of carbonyl (C=O) groups excluding carboxylic acids is 3. The lowest BCUT2D eigenvalue weighted by Gasteiger charge is -2.15. The van der Waals surface area contributed by atoms with Crippen LogP contribution in [0.5, 0.6) is 0 Å². The molecule has 0 saturated carbocycles. The third-order valence-corrected chi connectivity index (χ3v) is 2.69. The van der Waals surface area contributed by atoms with Gasteiger partial charge in [-0.3, -0.25) is 14.4 Å². The fraction of sp³-hybridized carbons (Fsp3) is 0.214. The molecule has 0 radical (unpaired) electrons. The molecule has 19 heavy (non-hydrogen) atoms. The molecular weight excluding hydrogens is 246 g/mol. The summed E-state index contributed by atoms with van der Waals surface area (Å²) in [7, 11) is 0. The van der Waals surface area contributed by atoms with E-state index in [2.05, 4.69) is 5.32 Å². The van der Waals surface area contributed by atoms with Crippen molar-refractivity contribution in [1.29, 1.82) is 0 Å². The molecule has 0 atom stereocenters. The number of esters is 1. The largest absolute Gasteiger partial charge is 0.465 e. The number of ether oxygens (including phenoxy) is 1. The molecule has 0 heterocycles. The lowest BCUT2D eigenvalue weighted by atomic mass is 9.93. The number of ketones is 2. The molecule has 1 aliphatic carbocycles. The third-order valence-electron chi connectivity index (χ3n) is 2.69. The minimum absolute atomic E-state index is 0.122. The lowest BCUT2D eigenvalue weighted by Crippen LogP contribution is -2.31. The summed E-state index contributed by atoms with van der Waals surface area (Å²) in [6.07, 6.45) is 1.21. The normalized spacial score (nSPS) is 13.6. The van der Waals surface area contributed by atoms with Gasteiger partial charge < -0.3 is 10.1 Å². The monoisotopic (exact) mass is 259 g/mol. The number of rotatable bonds is 4. The van der Waals surface area contributed by atoms with Crippen molar-refractivity contribution >= 4 is 17.5 Å². The molecule has 1 N–H and O–H groups in total. The van der Waals surface area contributed by atoms with Gasteiger partial charge in [0.25, 0.3) is 0 Å². The van der Waals surface area contributed by atoms with Crippen molar-refractivity contribution in [2.24, 2.45) is 0 Å². The summed E-state index contributed by atoms with van der Waals surface area (Å²) in [5.41, 5.74) is 0.854. The van der Waals surface area contributed by atoms with Crippen LogP contribution < -0.4 is 5.32 Å². The second-order valence-electron chi connectivity index (χ2n) is 3.96. The minimum Gasteiger partial charge on any atom is -0.465 e. The van der Waals surface area contributed by atoms with Crippen LogP contribution in [0.1, 0.15) is 27.6 Å². The third kappa shape index (κ3) is 2.70. The molecule has 0 aromatic heterocycles. The van der Waals surface area contributed by atoms with Crippen LogP contribution in [-0.2, 0) is 9.53 Å². The molecule has 5 heteroatoms. The first-order valence-corrected chi connectivity index (χ1v) is 5.92. The SMILES string of the molecule is CCOC(=O)CNC1=CC(=O)c2ccccc2C1=O. The van der Waals surface area contributed by atoms with Gasteiger partial charge in [0.2, 0.25) is 5.78 Å². The first-order valence-electron chi connectivity index (χ1n) is 5.92. The Morgan fingerprint density at radius 1 is 1.21 bits per heavy atom. The van der Waals surface area contributed by atoms with E-state index < -0.39 is 5.97 Å². The van der Waals surface area contributed by atoms with Crippen molar-refractivity contribution in [3.63, 3.8) is 0 Å². The van der Waals surface area contributed by atoms with Crippen molar-refractivity contribution < 1.29 is 19.1 Å². The highest BCUT2D eigenvalue weighted by molar-refractivity contribution is 6.24. The van der Waals surface area contributed by atoms with Crippen LogP contribution in [0, 0.1) is 0 Å². The van der Waals surface area contributed by atoms with Gasteiger partial charge >= 0.3 is 5.97 Å². The van der Waals surface area contributed by atoms with Gasteiger partial charge in [0.1, 0.15) is 6.54 Å². The molecule has 0 aliphatic heterocycles. The van der Waals surface area contributed by atoms with E-state index in [-0.39, 0.29) is 30.4 Å². The predicted octanol–water partition coefficient (Wildman–Crippen LogP) is 1.10. The van der Waals surface area contributed by atoms with Crippen LogP contribution in [0.15, 0.2) is 36.0 Å². The predicted molar refractivity (Wildman–Crippen MR) is 67.8 cm³/mol. The molecular formula is C14H13NO4. The van der Waals surface area contributed by atoms with Crippen LogP contribution in [-0.4, -0.2) is 30.7 Å². The quantitative estimate of drug-likeness (QED) is 0.820. The summed E-state index contributed by atoms with van der Waals surface area (Å²) < 4.78 is 4.74. The molecule has 0 unspecified atom stereocenters. The number of Topliss-reactive ketones (excluding diaryl/α,β-unsaturated/α-hetero) is 1. The molecule has 0 spiro atoms. The van der Waals surface area contributed by atoms with E-state index in [4.69, 9.17) is 4.74 Å². The molecule has 0 amide bonds. The van der Waals surface area contributed by atoms with Crippen molar-refractivity contribution in [2.45, 2.75) is 6.92 Å². The van der Waals surface area contributed by atoms with Crippen molar-refractivity contribution in [3.8, 4) is 0 Å². The zero-order valence-electron chi connectivity index (χ0n) is 10.4. The molecule has 5 nitrogen and oxygen atoms in total. The maximum absolute atomic E-state index is 12.1. The van der Waals surface area contributed by atoms with Crippen LogP contribution >= 0.6 is 0 Å². The molecule has 0 fully saturated rings. The highest BCUT2D eigenvalue weighted by Crippen LogP contribution is 2.19. The van der Waals surface area contributed by atoms with E-state index in [9.17, 15) is 14.4 Å². The van der Waals surface area contributed by atoms with Crippen LogP contribution in [0.4, 0.5) is 0 Å². The van der Waals surface area contributed by atoms with Gasteiger partial charge in [-0.05, 0) is 6.92 Å². The second kappa shape index (κ2) is 5.48. The standard InChI is InChI=1S/C14H13NO4/c1-2-19-13(17)8-15-11-7-12(16)9-5-3-4-6-10(9)14(11)18/h3-7,15H,2,8H2,1H3. The highest BCUT2D eigenvalue weighted by Gasteiger charge is 2.25. The Bertz CT molecular complexity index is 575. The molecule has 98 valence electrons. The minimum atomic E-state index is -0.470. The Balaban J connectivity index is 2.14. The zero-order chi connectivity index (χ0) is 13.8. The van der Waals surface area contributed by atoms with E-state index in [1.54, 1.807) is 31.2 Å². The molecule has 1 aliphatic rings. The summed E-state index contributed by atoms with van der Waals surface area (Å²) in [6, 6.07) is 6.59. The maximum atomic E-state index is 12.1. The van der Waals surface area contributed by atoms with Crippen LogP contribution in [0.25, 0.3) is 0 Å². The number of benzene rings is 1. The van der Waals surface area contributed by atoms with E-state index in [1.165, 1.54) is 6.08 Å². The van der Waals surface area contributed by atoms with Gasteiger partial charge in [0, 0.05) is 17.2 Å². The van der Waals surface area contributed by atoms with E-state index in [1.807, 2.05) is 0 Å². The molecule has 2 rings (SSSR count). The lowest BCUT2D eigenvalue weighted by molar-refractivity contribution is -0.141. The summed E-state index contributed by atoms with van der Waals surface area (Å²) in [4.78, 5) is 35.1. The van der Waals surface area contributed by atoms with E-state index in [0.29, 0.717) is 11.1 Å². The van der Waals surface area contributed by atoms with Crippen molar-refractivity contribution in [3.05, 3.63) is 47.2 Å².